The maximum absolute atomic E-state index is 6.14. The van der Waals surface area contributed by atoms with Gasteiger partial charge in [-0.2, -0.15) is 0 Å². The summed E-state index contributed by atoms with van der Waals surface area (Å²) in [5.41, 5.74) is 1.33. The Morgan fingerprint density at radius 3 is 2.59 bits per heavy atom. The van der Waals surface area contributed by atoms with Crippen molar-refractivity contribution in [1.29, 1.82) is 0 Å². The van der Waals surface area contributed by atoms with Crippen LogP contribution < -0.4 is 5.32 Å². The molecule has 0 aliphatic heterocycles. The Hall–Kier alpha value is -0.240. The van der Waals surface area contributed by atoms with E-state index in [-0.39, 0.29) is 5.54 Å². The highest BCUT2D eigenvalue weighted by molar-refractivity contribution is 6.42. The van der Waals surface area contributed by atoms with Crippen LogP contribution in [0.25, 0.3) is 0 Å². The summed E-state index contributed by atoms with van der Waals surface area (Å²) in [6.07, 6.45) is 5.03. The third kappa shape index (κ3) is 2.33. The van der Waals surface area contributed by atoms with Gasteiger partial charge in [0, 0.05) is 5.54 Å². The molecule has 0 aromatic heterocycles. The molecule has 1 aromatic rings. The van der Waals surface area contributed by atoms with Crippen molar-refractivity contribution in [2.24, 2.45) is 5.92 Å². The Balaban J connectivity index is 2.42. The highest BCUT2D eigenvalue weighted by atomic mass is 35.5. The lowest BCUT2D eigenvalue weighted by Gasteiger charge is -2.43. The molecule has 2 unspecified atom stereocenters. The van der Waals surface area contributed by atoms with Crippen molar-refractivity contribution < 1.29 is 0 Å². The molecule has 17 heavy (non-hydrogen) atoms. The summed E-state index contributed by atoms with van der Waals surface area (Å²) in [6.45, 7) is 2.32. The van der Waals surface area contributed by atoms with Crippen LogP contribution in [-0.4, -0.2) is 7.05 Å². The van der Waals surface area contributed by atoms with E-state index in [1.54, 1.807) is 0 Å². The molecule has 0 bridgehead atoms. The molecule has 2 atom stereocenters. The second-order valence-corrected chi connectivity index (χ2v) is 5.81. The van der Waals surface area contributed by atoms with Gasteiger partial charge in [0.1, 0.15) is 0 Å². The van der Waals surface area contributed by atoms with Gasteiger partial charge in [0.15, 0.2) is 0 Å². The first-order valence-corrected chi connectivity index (χ1v) is 7.00. The molecule has 1 aliphatic carbocycles. The van der Waals surface area contributed by atoms with Crippen LogP contribution in [0, 0.1) is 5.92 Å². The fourth-order valence-corrected chi connectivity index (χ4v) is 3.36. The van der Waals surface area contributed by atoms with Gasteiger partial charge in [-0.1, -0.05) is 49.0 Å². The van der Waals surface area contributed by atoms with Crippen molar-refractivity contribution >= 4 is 23.2 Å². The number of nitrogens with one attached hydrogen (secondary N) is 1. The summed E-state index contributed by atoms with van der Waals surface area (Å²) in [4.78, 5) is 0. The minimum Gasteiger partial charge on any atom is -0.310 e. The molecule has 1 fully saturated rings. The maximum atomic E-state index is 6.14. The number of hydrogen-bond acceptors (Lipinski definition) is 1. The molecular weight excluding hydrogens is 253 g/mol. The van der Waals surface area contributed by atoms with E-state index in [0.29, 0.717) is 16.0 Å². The lowest BCUT2D eigenvalue weighted by atomic mass is 9.70. The summed E-state index contributed by atoms with van der Waals surface area (Å²) < 4.78 is 0. The van der Waals surface area contributed by atoms with Crippen molar-refractivity contribution in [3.63, 3.8) is 0 Å². The first-order valence-electron chi connectivity index (χ1n) is 6.24. The molecule has 3 heteroatoms. The molecule has 1 aromatic carbocycles. The first-order chi connectivity index (χ1) is 8.10. The minimum absolute atomic E-state index is 0.0620. The van der Waals surface area contributed by atoms with Gasteiger partial charge in [-0.15, -0.1) is 0 Å². The molecule has 1 aliphatic rings. The smallest absolute Gasteiger partial charge is 0.0595 e. The van der Waals surface area contributed by atoms with Crippen LogP contribution in [0.4, 0.5) is 0 Å². The van der Waals surface area contributed by atoms with E-state index in [1.165, 1.54) is 31.2 Å². The maximum Gasteiger partial charge on any atom is 0.0595 e. The lowest BCUT2D eigenvalue weighted by Crippen LogP contribution is -2.47. The van der Waals surface area contributed by atoms with Gasteiger partial charge in [-0.3, -0.25) is 0 Å². The van der Waals surface area contributed by atoms with E-state index in [2.05, 4.69) is 18.3 Å². The molecule has 2 rings (SSSR count). The largest absolute Gasteiger partial charge is 0.310 e. The Morgan fingerprint density at radius 2 is 2.00 bits per heavy atom. The molecule has 0 saturated heterocycles. The van der Waals surface area contributed by atoms with Gasteiger partial charge >= 0.3 is 0 Å². The average molecular weight is 272 g/mol. The van der Waals surface area contributed by atoms with Gasteiger partial charge in [0.05, 0.1) is 10.0 Å². The lowest BCUT2D eigenvalue weighted by molar-refractivity contribution is 0.165. The SMILES string of the molecule is CNC1(c2ccc(Cl)c(Cl)c2)CCCCC1C. The zero-order valence-corrected chi connectivity index (χ0v) is 11.9. The zero-order chi connectivity index (χ0) is 12.5. The van der Waals surface area contributed by atoms with Crippen molar-refractivity contribution in [2.45, 2.75) is 38.1 Å². The summed E-state index contributed by atoms with van der Waals surface area (Å²) >= 11 is 12.1. The fraction of sp³-hybridized carbons (Fsp3) is 0.571. The first kappa shape index (κ1) is 13.2. The Morgan fingerprint density at radius 1 is 1.24 bits per heavy atom. The zero-order valence-electron chi connectivity index (χ0n) is 10.4. The van der Waals surface area contributed by atoms with Crippen LogP contribution in [-0.2, 0) is 5.54 Å². The molecule has 0 amide bonds. The molecule has 1 saturated carbocycles. The second kappa shape index (κ2) is 5.17. The third-order valence-corrected chi connectivity index (χ3v) is 4.92. The topological polar surface area (TPSA) is 12.0 Å². The molecule has 94 valence electrons. The molecule has 1 N–H and O–H groups in total. The van der Waals surface area contributed by atoms with E-state index >= 15 is 0 Å². The highest BCUT2D eigenvalue weighted by Gasteiger charge is 2.38. The van der Waals surface area contributed by atoms with Crippen LogP contribution in [0.5, 0.6) is 0 Å². The normalized spacial score (nSPS) is 29.3. The van der Waals surface area contributed by atoms with Crippen LogP contribution >= 0.6 is 23.2 Å². The van der Waals surface area contributed by atoms with Crippen molar-refractivity contribution in [1.82, 2.24) is 5.32 Å². The van der Waals surface area contributed by atoms with Gasteiger partial charge in [-0.05, 0) is 43.5 Å². The van der Waals surface area contributed by atoms with Gasteiger partial charge in [-0.25, -0.2) is 0 Å². The van der Waals surface area contributed by atoms with Crippen LogP contribution in [0.2, 0.25) is 10.0 Å². The van der Waals surface area contributed by atoms with Crippen molar-refractivity contribution in [3.8, 4) is 0 Å². The average Bonchev–Trinajstić information content (AvgIpc) is 2.34. The van der Waals surface area contributed by atoms with E-state index in [9.17, 15) is 0 Å². The number of benzene rings is 1. The van der Waals surface area contributed by atoms with E-state index in [1.807, 2.05) is 19.2 Å². The fourth-order valence-electron chi connectivity index (χ4n) is 3.07. The number of halogens is 2. The molecule has 1 nitrogen and oxygen atoms in total. The highest BCUT2D eigenvalue weighted by Crippen LogP contribution is 2.42. The summed E-state index contributed by atoms with van der Waals surface area (Å²) in [6, 6.07) is 6.02. The molecule has 0 spiro atoms. The Kier molecular flexibility index (Phi) is 4.02. The van der Waals surface area contributed by atoms with Gasteiger partial charge in [0.2, 0.25) is 0 Å². The summed E-state index contributed by atoms with van der Waals surface area (Å²) in [5, 5.41) is 4.81. The van der Waals surface area contributed by atoms with Crippen LogP contribution in [0.3, 0.4) is 0 Å². The third-order valence-electron chi connectivity index (χ3n) is 4.18. The number of hydrogen-bond donors (Lipinski definition) is 1. The van der Waals surface area contributed by atoms with Crippen LogP contribution in [0.15, 0.2) is 18.2 Å². The van der Waals surface area contributed by atoms with Crippen molar-refractivity contribution in [2.75, 3.05) is 7.05 Å². The van der Waals surface area contributed by atoms with Gasteiger partial charge < -0.3 is 5.32 Å². The summed E-state index contributed by atoms with van der Waals surface area (Å²) in [7, 11) is 2.05. The summed E-state index contributed by atoms with van der Waals surface area (Å²) in [5.74, 6) is 0.624. The number of rotatable bonds is 2. The van der Waals surface area contributed by atoms with E-state index in [0.717, 1.165) is 0 Å². The van der Waals surface area contributed by atoms with Crippen molar-refractivity contribution in [3.05, 3.63) is 33.8 Å². The Bertz CT molecular complexity index is 405. The quantitative estimate of drug-likeness (QED) is 0.828. The van der Waals surface area contributed by atoms with Gasteiger partial charge in [0.25, 0.3) is 0 Å². The monoisotopic (exact) mass is 271 g/mol. The Labute approximate surface area is 114 Å². The minimum atomic E-state index is 0.0620. The standard InChI is InChI=1S/C14H19Cl2N/c1-10-5-3-4-8-14(10,17-2)11-6-7-12(15)13(16)9-11/h6-7,9-10,17H,3-5,8H2,1-2H3. The molecular formula is C14H19Cl2N. The predicted octanol–water partition coefficient (Wildman–Crippen LogP) is 4.62. The predicted molar refractivity (Wildman–Crippen MR) is 74.8 cm³/mol. The van der Waals surface area contributed by atoms with E-state index in [4.69, 9.17) is 23.2 Å². The van der Waals surface area contributed by atoms with E-state index < -0.39 is 0 Å². The van der Waals surface area contributed by atoms with Crippen LogP contribution in [0.1, 0.15) is 38.2 Å². The molecule has 0 heterocycles. The molecule has 0 radical (unpaired) electrons. The second-order valence-electron chi connectivity index (χ2n) is 5.00.